The van der Waals surface area contributed by atoms with Crippen molar-refractivity contribution in [1.82, 2.24) is 4.90 Å². The third-order valence-corrected chi connectivity index (χ3v) is 4.15. The maximum Gasteiger partial charge on any atom is 0.256 e. The first-order chi connectivity index (χ1) is 9.00. The third-order valence-electron chi connectivity index (χ3n) is 4.15. The zero-order chi connectivity index (χ0) is 14.0. The number of carbonyl (C=O) groups is 1. The number of phenolic OH excluding ortho intramolecular Hbond substituents is 1. The summed E-state index contributed by atoms with van der Waals surface area (Å²) in [6.07, 6.45) is 4.62. The summed E-state index contributed by atoms with van der Waals surface area (Å²) in [7, 11) is 1.83. The van der Waals surface area contributed by atoms with Crippen molar-refractivity contribution >= 4 is 11.6 Å². The van der Waals surface area contributed by atoms with Crippen molar-refractivity contribution in [1.29, 1.82) is 0 Å². The molecular weight excluding hydrogens is 240 g/mol. The van der Waals surface area contributed by atoms with Gasteiger partial charge in [0.1, 0.15) is 5.75 Å². The van der Waals surface area contributed by atoms with Gasteiger partial charge in [0.2, 0.25) is 0 Å². The number of hydrogen-bond acceptors (Lipinski definition) is 3. The van der Waals surface area contributed by atoms with E-state index in [1.807, 2.05) is 7.05 Å². The second kappa shape index (κ2) is 5.51. The van der Waals surface area contributed by atoms with Crippen LogP contribution in [0.2, 0.25) is 0 Å². The van der Waals surface area contributed by atoms with E-state index in [1.54, 1.807) is 11.0 Å². The minimum Gasteiger partial charge on any atom is -0.508 e. The smallest absolute Gasteiger partial charge is 0.256 e. The fourth-order valence-electron chi connectivity index (χ4n) is 2.94. The highest BCUT2D eigenvalue weighted by atomic mass is 16.3. The lowest BCUT2D eigenvalue weighted by atomic mass is 9.85. The molecule has 2 rings (SSSR count). The van der Waals surface area contributed by atoms with Crippen LogP contribution < -0.4 is 5.73 Å². The molecule has 2 atom stereocenters. The van der Waals surface area contributed by atoms with Gasteiger partial charge in [-0.3, -0.25) is 4.79 Å². The average molecular weight is 262 g/mol. The number of aromatic hydroxyl groups is 1. The highest BCUT2D eigenvalue weighted by Gasteiger charge is 2.29. The molecule has 1 fully saturated rings. The number of hydrogen-bond donors (Lipinski definition) is 2. The molecule has 2 unspecified atom stereocenters. The maximum absolute atomic E-state index is 12.5. The number of anilines is 1. The Kier molecular flexibility index (Phi) is 3.98. The van der Waals surface area contributed by atoms with Gasteiger partial charge in [-0.1, -0.05) is 19.8 Å². The molecule has 1 aliphatic rings. The first kappa shape index (κ1) is 13.7. The Hall–Kier alpha value is -1.71. The summed E-state index contributed by atoms with van der Waals surface area (Å²) in [6, 6.07) is 4.78. The summed E-state index contributed by atoms with van der Waals surface area (Å²) in [6.45, 7) is 2.19. The van der Waals surface area contributed by atoms with Crippen LogP contribution in [0.4, 0.5) is 5.69 Å². The van der Waals surface area contributed by atoms with E-state index in [-0.39, 0.29) is 17.7 Å². The van der Waals surface area contributed by atoms with E-state index in [1.165, 1.54) is 25.0 Å². The molecule has 19 heavy (non-hydrogen) atoms. The summed E-state index contributed by atoms with van der Waals surface area (Å²) in [4.78, 5) is 14.3. The fraction of sp³-hybridized carbons (Fsp3) is 0.533. The molecule has 0 heterocycles. The first-order valence-corrected chi connectivity index (χ1v) is 6.86. The summed E-state index contributed by atoms with van der Waals surface area (Å²) >= 11 is 0. The lowest BCUT2D eigenvalue weighted by molar-refractivity contribution is 0.0629. The molecule has 0 aliphatic heterocycles. The van der Waals surface area contributed by atoms with Gasteiger partial charge in [0, 0.05) is 18.8 Å². The molecule has 0 spiro atoms. The van der Waals surface area contributed by atoms with E-state index in [2.05, 4.69) is 6.92 Å². The number of carbonyl (C=O) groups excluding carboxylic acids is 1. The minimum atomic E-state index is -0.104. The van der Waals surface area contributed by atoms with E-state index in [4.69, 9.17) is 5.73 Å². The van der Waals surface area contributed by atoms with Crippen molar-refractivity contribution in [3.8, 4) is 5.75 Å². The van der Waals surface area contributed by atoms with E-state index < -0.39 is 0 Å². The van der Waals surface area contributed by atoms with Gasteiger partial charge in [-0.15, -0.1) is 0 Å². The van der Waals surface area contributed by atoms with Gasteiger partial charge in [-0.2, -0.15) is 0 Å². The number of nitrogen functional groups attached to an aromatic ring is 1. The van der Waals surface area contributed by atoms with Crippen molar-refractivity contribution in [2.24, 2.45) is 5.92 Å². The summed E-state index contributed by atoms with van der Waals surface area (Å²) in [5, 5.41) is 9.50. The van der Waals surface area contributed by atoms with Crippen molar-refractivity contribution in [3.05, 3.63) is 23.8 Å². The molecule has 3 N–H and O–H groups in total. The van der Waals surface area contributed by atoms with Crippen LogP contribution in [0, 0.1) is 5.92 Å². The third kappa shape index (κ3) is 2.83. The van der Waals surface area contributed by atoms with E-state index in [9.17, 15) is 9.90 Å². The molecule has 0 bridgehead atoms. The Morgan fingerprint density at radius 1 is 1.37 bits per heavy atom. The number of nitrogens with two attached hydrogens (primary N) is 1. The summed E-state index contributed by atoms with van der Waals surface area (Å²) in [5.74, 6) is 0.482. The zero-order valence-electron chi connectivity index (χ0n) is 11.6. The highest BCUT2D eigenvalue weighted by Crippen LogP contribution is 2.29. The van der Waals surface area contributed by atoms with Crippen LogP contribution in [0.25, 0.3) is 0 Å². The van der Waals surface area contributed by atoms with E-state index in [0.29, 0.717) is 17.2 Å². The summed E-state index contributed by atoms with van der Waals surface area (Å²) in [5.41, 5.74) is 6.64. The number of rotatable bonds is 2. The van der Waals surface area contributed by atoms with Crippen LogP contribution in [0.1, 0.15) is 43.0 Å². The number of nitrogens with zero attached hydrogens (tertiary/aromatic N) is 1. The van der Waals surface area contributed by atoms with Crippen molar-refractivity contribution in [2.45, 2.75) is 38.6 Å². The topological polar surface area (TPSA) is 66.6 Å². The lowest BCUT2D eigenvalue weighted by Gasteiger charge is -2.36. The second-order valence-corrected chi connectivity index (χ2v) is 5.52. The van der Waals surface area contributed by atoms with Gasteiger partial charge in [0.05, 0.1) is 5.56 Å². The van der Waals surface area contributed by atoms with Crippen LogP contribution in [0.15, 0.2) is 18.2 Å². The Morgan fingerprint density at radius 2 is 2.05 bits per heavy atom. The SMILES string of the molecule is CC1CCCCC1N(C)C(=O)c1cc(O)ccc1N. The molecule has 1 aromatic rings. The Morgan fingerprint density at radius 3 is 2.74 bits per heavy atom. The van der Waals surface area contributed by atoms with E-state index in [0.717, 1.165) is 12.8 Å². The van der Waals surface area contributed by atoms with E-state index >= 15 is 0 Å². The first-order valence-electron chi connectivity index (χ1n) is 6.86. The Labute approximate surface area is 114 Å². The molecule has 4 heteroatoms. The van der Waals surface area contributed by atoms with Crippen molar-refractivity contribution in [2.75, 3.05) is 12.8 Å². The average Bonchev–Trinajstić information content (AvgIpc) is 2.40. The maximum atomic E-state index is 12.5. The molecule has 0 saturated heterocycles. The van der Waals surface area contributed by atoms with Crippen molar-refractivity contribution < 1.29 is 9.90 Å². The molecule has 4 nitrogen and oxygen atoms in total. The minimum absolute atomic E-state index is 0.0719. The fourth-order valence-corrected chi connectivity index (χ4v) is 2.94. The molecule has 1 aromatic carbocycles. The Balaban J connectivity index is 2.20. The second-order valence-electron chi connectivity index (χ2n) is 5.52. The summed E-state index contributed by atoms with van der Waals surface area (Å²) < 4.78 is 0. The molecule has 1 amide bonds. The number of phenols is 1. The zero-order valence-corrected chi connectivity index (χ0v) is 11.6. The van der Waals surface area contributed by atoms with Crippen LogP contribution in [-0.2, 0) is 0 Å². The van der Waals surface area contributed by atoms with Gasteiger partial charge in [0.25, 0.3) is 5.91 Å². The van der Waals surface area contributed by atoms with Crippen LogP contribution >= 0.6 is 0 Å². The molecule has 1 saturated carbocycles. The van der Waals surface area contributed by atoms with Gasteiger partial charge in [-0.25, -0.2) is 0 Å². The van der Waals surface area contributed by atoms with Gasteiger partial charge < -0.3 is 15.7 Å². The van der Waals surface area contributed by atoms with Crippen LogP contribution in [0.5, 0.6) is 5.75 Å². The van der Waals surface area contributed by atoms with Crippen LogP contribution in [0.3, 0.4) is 0 Å². The van der Waals surface area contributed by atoms with Crippen molar-refractivity contribution in [3.63, 3.8) is 0 Å². The predicted molar refractivity (Wildman–Crippen MR) is 76.0 cm³/mol. The molecular formula is C15H22N2O2. The Bertz CT molecular complexity index is 473. The van der Waals surface area contributed by atoms with Gasteiger partial charge >= 0.3 is 0 Å². The normalized spacial score (nSPS) is 23.1. The number of benzene rings is 1. The largest absolute Gasteiger partial charge is 0.508 e. The van der Waals surface area contributed by atoms with Gasteiger partial charge in [-0.05, 0) is 37.0 Å². The van der Waals surface area contributed by atoms with Crippen LogP contribution in [-0.4, -0.2) is 29.0 Å². The molecule has 104 valence electrons. The standard InChI is InChI=1S/C15H22N2O2/c1-10-5-3-4-6-14(10)17(2)15(19)12-9-11(18)7-8-13(12)16/h7-10,14,18H,3-6,16H2,1-2H3. The quantitative estimate of drug-likeness (QED) is 0.636. The lowest BCUT2D eigenvalue weighted by Crippen LogP contribution is -2.42. The molecule has 1 aliphatic carbocycles. The monoisotopic (exact) mass is 262 g/mol. The highest BCUT2D eigenvalue weighted by molar-refractivity contribution is 5.99. The predicted octanol–water partition coefficient (Wildman–Crippen LogP) is 2.63. The van der Waals surface area contributed by atoms with Gasteiger partial charge in [0.15, 0.2) is 0 Å². The molecule has 0 aromatic heterocycles. The molecule has 0 radical (unpaired) electrons. The number of amides is 1.